The van der Waals surface area contributed by atoms with Crippen LogP contribution in [0.1, 0.15) is 5.56 Å². The molecule has 1 aromatic carbocycles. The minimum Gasteiger partial charge on any atom is -0.348 e. The zero-order valence-electron chi connectivity index (χ0n) is 10.3. The second-order valence-electron chi connectivity index (χ2n) is 4.47. The van der Waals surface area contributed by atoms with E-state index >= 15 is 0 Å². The van der Waals surface area contributed by atoms with E-state index in [0.29, 0.717) is 19.8 Å². The number of aryl methyl sites for hydroxylation is 1. The largest absolute Gasteiger partial charge is 0.348 e. The molecule has 0 saturated carbocycles. The molecule has 1 aromatic heterocycles. The van der Waals surface area contributed by atoms with Crippen LogP contribution in [0.2, 0.25) is 0 Å². The van der Waals surface area contributed by atoms with Gasteiger partial charge in [-0.15, -0.1) is 0 Å². The van der Waals surface area contributed by atoms with Gasteiger partial charge in [0.1, 0.15) is 0 Å². The number of aromatic nitrogens is 1. The Morgan fingerprint density at radius 2 is 2.00 bits per heavy atom. The number of rotatable bonds is 2. The van der Waals surface area contributed by atoms with Gasteiger partial charge in [0.25, 0.3) is 5.56 Å². The molecular weight excluding hydrogens is 230 g/mol. The molecule has 0 amide bonds. The van der Waals surface area contributed by atoms with Gasteiger partial charge in [0.2, 0.25) is 0 Å². The maximum Gasteiger partial charge on any atom is 0.251 e. The summed E-state index contributed by atoms with van der Waals surface area (Å²) in [7, 11) is 0. The lowest BCUT2D eigenvalue weighted by Crippen LogP contribution is -2.27. The summed E-state index contributed by atoms with van der Waals surface area (Å²) in [5.74, 6) is 0. The minimum atomic E-state index is -0.312. The van der Waals surface area contributed by atoms with E-state index < -0.39 is 0 Å². The van der Waals surface area contributed by atoms with E-state index in [1.54, 1.807) is 10.6 Å². The smallest absolute Gasteiger partial charge is 0.251 e. The second-order valence-corrected chi connectivity index (χ2v) is 4.47. The van der Waals surface area contributed by atoms with Gasteiger partial charge in [-0.1, -0.05) is 18.2 Å². The van der Waals surface area contributed by atoms with E-state index in [0.717, 1.165) is 16.5 Å². The molecule has 0 unspecified atom stereocenters. The summed E-state index contributed by atoms with van der Waals surface area (Å²) in [6.07, 6.45) is -0.312. The van der Waals surface area contributed by atoms with Crippen LogP contribution in [0.4, 0.5) is 0 Å². The van der Waals surface area contributed by atoms with Crippen molar-refractivity contribution in [1.29, 1.82) is 0 Å². The molecule has 0 radical (unpaired) electrons. The molecule has 18 heavy (non-hydrogen) atoms. The summed E-state index contributed by atoms with van der Waals surface area (Å²) in [4.78, 5) is 12.0. The monoisotopic (exact) mass is 245 g/mol. The first-order valence-electron chi connectivity index (χ1n) is 6.08. The van der Waals surface area contributed by atoms with Crippen molar-refractivity contribution in [1.82, 2.24) is 4.57 Å². The van der Waals surface area contributed by atoms with Crippen LogP contribution in [0.25, 0.3) is 10.9 Å². The molecule has 1 aliphatic rings. The van der Waals surface area contributed by atoms with Crippen LogP contribution in [0.3, 0.4) is 0 Å². The van der Waals surface area contributed by atoms with Crippen LogP contribution in [-0.2, 0) is 16.0 Å². The van der Waals surface area contributed by atoms with Crippen LogP contribution in [0.15, 0.2) is 35.1 Å². The highest BCUT2D eigenvalue weighted by molar-refractivity contribution is 5.82. The molecule has 0 N–H and O–H groups in total. The van der Waals surface area contributed by atoms with Gasteiger partial charge in [0.15, 0.2) is 6.29 Å². The summed E-state index contributed by atoms with van der Waals surface area (Å²) in [6.45, 7) is 3.65. The van der Waals surface area contributed by atoms with Gasteiger partial charge >= 0.3 is 0 Å². The minimum absolute atomic E-state index is 0.0177. The van der Waals surface area contributed by atoms with Crippen molar-refractivity contribution >= 4 is 10.9 Å². The lowest BCUT2D eigenvalue weighted by atomic mass is 10.1. The van der Waals surface area contributed by atoms with Gasteiger partial charge < -0.3 is 14.0 Å². The molecule has 94 valence electrons. The highest BCUT2D eigenvalue weighted by Gasteiger charge is 2.18. The van der Waals surface area contributed by atoms with Gasteiger partial charge in [0, 0.05) is 6.07 Å². The molecule has 1 aliphatic heterocycles. The van der Waals surface area contributed by atoms with Crippen LogP contribution >= 0.6 is 0 Å². The van der Waals surface area contributed by atoms with Gasteiger partial charge in [-0.05, 0) is 23.9 Å². The summed E-state index contributed by atoms with van der Waals surface area (Å²) in [6, 6.07) is 9.46. The number of fused-ring (bicyclic) bond motifs is 1. The SMILES string of the molecule is Cc1cccc2ccc(=O)n(CC3OCCO3)c12. The number of nitrogens with zero attached hydrogens (tertiary/aromatic N) is 1. The number of para-hydroxylation sites is 1. The first kappa shape index (κ1) is 11.4. The van der Waals surface area contributed by atoms with Crippen LogP contribution in [0.5, 0.6) is 0 Å². The molecule has 0 bridgehead atoms. The first-order valence-corrected chi connectivity index (χ1v) is 6.08. The molecular formula is C14H15NO3. The van der Waals surface area contributed by atoms with Crippen molar-refractivity contribution < 1.29 is 9.47 Å². The molecule has 4 heteroatoms. The Bertz CT molecular complexity index is 626. The Kier molecular flexibility index (Phi) is 2.89. The lowest BCUT2D eigenvalue weighted by Gasteiger charge is -2.15. The second kappa shape index (κ2) is 4.55. The summed E-state index contributed by atoms with van der Waals surface area (Å²) in [5.41, 5.74) is 2.03. The molecule has 1 fully saturated rings. The highest BCUT2D eigenvalue weighted by atomic mass is 16.7. The zero-order valence-corrected chi connectivity index (χ0v) is 10.3. The summed E-state index contributed by atoms with van der Waals surface area (Å²) >= 11 is 0. The van der Waals surface area contributed by atoms with E-state index in [1.165, 1.54) is 0 Å². The van der Waals surface area contributed by atoms with E-state index in [-0.39, 0.29) is 11.8 Å². The summed E-state index contributed by atoms with van der Waals surface area (Å²) in [5, 5.41) is 1.06. The molecule has 3 rings (SSSR count). The van der Waals surface area contributed by atoms with E-state index in [2.05, 4.69) is 0 Å². The van der Waals surface area contributed by atoms with E-state index in [1.807, 2.05) is 31.2 Å². The fourth-order valence-corrected chi connectivity index (χ4v) is 2.39. The summed E-state index contributed by atoms with van der Waals surface area (Å²) < 4.78 is 12.6. The number of ether oxygens (including phenoxy) is 2. The molecule has 2 aromatic rings. The molecule has 0 aliphatic carbocycles. The molecule has 4 nitrogen and oxygen atoms in total. The fraction of sp³-hybridized carbons (Fsp3) is 0.357. The average molecular weight is 245 g/mol. The zero-order chi connectivity index (χ0) is 12.5. The Labute approximate surface area is 105 Å². The standard InChI is InChI=1S/C14H15NO3/c1-10-3-2-4-11-5-6-12(16)15(14(10)11)9-13-17-7-8-18-13/h2-6,13H,7-9H2,1H3. The third kappa shape index (κ3) is 1.94. The highest BCUT2D eigenvalue weighted by Crippen LogP contribution is 2.17. The predicted molar refractivity (Wildman–Crippen MR) is 68.6 cm³/mol. The quantitative estimate of drug-likeness (QED) is 0.808. The van der Waals surface area contributed by atoms with Crippen molar-refractivity contribution in [3.63, 3.8) is 0 Å². The van der Waals surface area contributed by atoms with E-state index in [9.17, 15) is 4.79 Å². The topological polar surface area (TPSA) is 40.5 Å². The third-order valence-electron chi connectivity index (χ3n) is 3.23. The number of hydrogen-bond donors (Lipinski definition) is 0. The van der Waals surface area contributed by atoms with Gasteiger partial charge in [-0.2, -0.15) is 0 Å². The molecule has 0 atom stereocenters. The van der Waals surface area contributed by atoms with Crippen molar-refractivity contribution in [2.75, 3.05) is 13.2 Å². The van der Waals surface area contributed by atoms with Crippen molar-refractivity contribution in [3.05, 3.63) is 46.2 Å². The Morgan fingerprint density at radius 3 is 2.78 bits per heavy atom. The van der Waals surface area contributed by atoms with Crippen molar-refractivity contribution in [2.45, 2.75) is 19.8 Å². The molecule has 2 heterocycles. The van der Waals surface area contributed by atoms with Crippen molar-refractivity contribution in [2.24, 2.45) is 0 Å². The van der Waals surface area contributed by atoms with Gasteiger partial charge in [0.05, 0.1) is 25.3 Å². The number of benzene rings is 1. The van der Waals surface area contributed by atoms with Crippen LogP contribution in [-0.4, -0.2) is 24.1 Å². The third-order valence-corrected chi connectivity index (χ3v) is 3.23. The Balaban J connectivity index is 2.13. The van der Waals surface area contributed by atoms with Gasteiger partial charge in [-0.25, -0.2) is 0 Å². The number of pyridine rings is 1. The fourth-order valence-electron chi connectivity index (χ4n) is 2.39. The van der Waals surface area contributed by atoms with Crippen LogP contribution in [0, 0.1) is 6.92 Å². The molecule has 1 saturated heterocycles. The number of hydrogen-bond acceptors (Lipinski definition) is 3. The maximum atomic E-state index is 12.0. The van der Waals surface area contributed by atoms with Crippen molar-refractivity contribution in [3.8, 4) is 0 Å². The van der Waals surface area contributed by atoms with Gasteiger partial charge in [-0.3, -0.25) is 4.79 Å². The average Bonchev–Trinajstić information content (AvgIpc) is 2.86. The lowest BCUT2D eigenvalue weighted by molar-refractivity contribution is -0.0522. The van der Waals surface area contributed by atoms with Crippen LogP contribution < -0.4 is 5.56 Å². The first-order chi connectivity index (χ1) is 8.75. The maximum absolute atomic E-state index is 12.0. The predicted octanol–water partition coefficient (Wildman–Crippen LogP) is 1.68. The normalized spacial score (nSPS) is 16.5. The Hall–Kier alpha value is -1.65. The molecule has 0 spiro atoms. The Morgan fingerprint density at radius 1 is 1.22 bits per heavy atom. The van der Waals surface area contributed by atoms with E-state index in [4.69, 9.17) is 9.47 Å².